The van der Waals surface area contributed by atoms with E-state index in [2.05, 4.69) is 13.5 Å². The first-order chi connectivity index (χ1) is 8.14. The summed E-state index contributed by atoms with van der Waals surface area (Å²) in [6, 6.07) is 0.784. The third kappa shape index (κ3) is 6.57. The predicted octanol–water partition coefficient (Wildman–Crippen LogP) is 1.76. The molecule has 0 spiro atoms. The third-order valence-electron chi connectivity index (χ3n) is 2.20. The highest BCUT2D eigenvalue weighted by atomic mass is 28.4. The Morgan fingerprint density at radius 2 is 1.94 bits per heavy atom. The first-order valence-corrected chi connectivity index (χ1v) is 7.60. The molecule has 0 radical (unpaired) electrons. The molecule has 0 saturated carbocycles. The van der Waals surface area contributed by atoms with Crippen molar-refractivity contribution < 1.29 is 22.8 Å². The highest BCUT2D eigenvalue weighted by Gasteiger charge is 2.37. The van der Waals surface area contributed by atoms with Gasteiger partial charge in [0.05, 0.1) is 6.61 Å². The zero-order valence-electron chi connectivity index (χ0n) is 10.9. The predicted molar refractivity (Wildman–Crippen MR) is 66.6 cm³/mol. The zero-order valence-corrected chi connectivity index (χ0v) is 11.9. The normalized spacial score (nSPS) is 11.2. The van der Waals surface area contributed by atoms with E-state index in [0.717, 1.165) is 18.5 Å². The lowest BCUT2D eigenvalue weighted by atomic mass is 10.5. The van der Waals surface area contributed by atoms with Gasteiger partial charge in [0.1, 0.15) is 0 Å². The number of rotatable bonds is 10. The molecule has 0 aliphatic rings. The maximum absolute atomic E-state index is 10.8. The van der Waals surface area contributed by atoms with Gasteiger partial charge in [-0.2, -0.15) is 0 Å². The van der Waals surface area contributed by atoms with Gasteiger partial charge in [-0.1, -0.05) is 19.9 Å². The topological polar surface area (TPSA) is 54.0 Å². The largest absolute Gasteiger partial charge is 0.500 e. The first kappa shape index (κ1) is 16.3. The Bertz CT molecular complexity index is 228. The van der Waals surface area contributed by atoms with Crippen molar-refractivity contribution in [3.63, 3.8) is 0 Å². The van der Waals surface area contributed by atoms with E-state index in [9.17, 15) is 4.79 Å². The van der Waals surface area contributed by atoms with Gasteiger partial charge < -0.3 is 18.0 Å². The molecule has 0 aliphatic carbocycles. The number of carbonyl (C=O) groups excluding carboxylic acids is 1. The van der Waals surface area contributed by atoms with Gasteiger partial charge in [-0.15, -0.1) is 0 Å². The number of carbonyl (C=O) groups is 1. The molecule has 0 saturated heterocycles. The first-order valence-electron chi connectivity index (χ1n) is 5.67. The van der Waals surface area contributed by atoms with Crippen molar-refractivity contribution in [1.29, 1.82) is 0 Å². The second kappa shape index (κ2) is 9.35. The average molecular weight is 262 g/mol. The lowest BCUT2D eigenvalue weighted by molar-refractivity contribution is -0.138. The molecule has 17 heavy (non-hydrogen) atoms. The number of ether oxygens (including phenoxy) is 1. The van der Waals surface area contributed by atoms with Crippen molar-refractivity contribution in [2.24, 2.45) is 0 Å². The average Bonchev–Trinajstić information content (AvgIpc) is 2.36. The number of hydrogen-bond acceptors (Lipinski definition) is 5. The molecular formula is C11H22O5Si. The van der Waals surface area contributed by atoms with Gasteiger partial charge in [-0.3, -0.25) is 0 Å². The van der Waals surface area contributed by atoms with Crippen LogP contribution in [0.1, 0.15) is 19.8 Å². The van der Waals surface area contributed by atoms with Gasteiger partial charge in [0, 0.05) is 39.4 Å². The Kier molecular flexibility index (Phi) is 8.97. The molecule has 6 heteroatoms. The smallest absolute Gasteiger partial charge is 0.462 e. The van der Waals surface area contributed by atoms with Crippen LogP contribution in [0.4, 0.5) is 0 Å². The highest BCUT2D eigenvalue weighted by Crippen LogP contribution is 2.15. The second-order valence-corrected chi connectivity index (χ2v) is 6.39. The van der Waals surface area contributed by atoms with Gasteiger partial charge in [0.15, 0.2) is 0 Å². The molecule has 0 amide bonds. The molecule has 0 fully saturated rings. The maximum Gasteiger partial charge on any atom is 0.500 e. The van der Waals surface area contributed by atoms with Gasteiger partial charge in [0.25, 0.3) is 0 Å². The summed E-state index contributed by atoms with van der Waals surface area (Å²) >= 11 is 0. The van der Waals surface area contributed by atoms with Crippen LogP contribution in [0.2, 0.25) is 6.04 Å². The Morgan fingerprint density at radius 1 is 1.29 bits per heavy atom. The molecule has 0 N–H and O–H groups in total. The summed E-state index contributed by atoms with van der Waals surface area (Å²) < 4.78 is 21.2. The van der Waals surface area contributed by atoms with Crippen LogP contribution >= 0.6 is 0 Å². The summed E-state index contributed by atoms with van der Waals surface area (Å²) in [4.78, 5) is 10.8. The molecule has 0 heterocycles. The van der Waals surface area contributed by atoms with Crippen molar-refractivity contribution in [1.82, 2.24) is 0 Å². The van der Waals surface area contributed by atoms with Crippen LogP contribution in [0, 0.1) is 0 Å². The van der Waals surface area contributed by atoms with Crippen LogP contribution in [0.25, 0.3) is 0 Å². The lowest BCUT2D eigenvalue weighted by Gasteiger charge is -2.25. The van der Waals surface area contributed by atoms with Crippen LogP contribution in [-0.4, -0.2) is 42.2 Å². The van der Waals surface area contributed by atoms with E-state index in [1.165, 1.54) is 0 Å². The Balaban J connectivity index is 3.82. The molecule has 0 aliphatic heterocycles. The van der Waals surface area contributed by atoms with Crippen molar-refractivity contribution in [3.8, 4) is 0 Å². The van der Waals surface area contributed by atoms with Gasteiger partial charge in [-0.25, -0.2) is 4.79 Å². The SMILES string of the molecule is C=CC(=O)OCCCO[Si](CCC)(OC)OC. The minimum atomic E-state index is -2.49. The van der Waals surface area contributed by atoms with E-state index in [0.29, 0.717) is 19.6 Å². The van der Waals surface area contributed by atoms with Crippen LogP contribution < -0.4 is 0 Å². The van der Waals surface area contributed by atoms with Crippen LogP contribution in [0.3, 0.4) is 0 Å². The fourth-order valence-corrected chi connectivity index (χ4v) is 3.32. The molecule has 0 aromatic carbocycles. The highest BCUT2D eigenvalue weighted by molar-refractivity contribution is 6.60. The number of hydrogen-bond donors (Lipinski definition) is 0. The van der Waals surface area contributed by atoms with E-state index in [-0.39, 0.29) is 0 Å². The minimum Gasteiger partial charge on any atom is -0.462 e. The van der Waals surface area contributed by atoms with Crippen LogP contribution in [0.5, 0.6) is 0 Å². The second-order valence-electron chi connectivity index (χ2n) is 3.41. The molecule has 0 unspecified atom stereocenters. The molecule has 5 nitrogen and oxygen atoms in total. The van der Waals surface area contributed by atoms with Crippen LogP contribution in [-0.2, 0) is 22.8 Å². The maximum atomic E-state index is 10.8. The van der Waals surface area contributed by atoms with E-state index in [1.807, 2.05) is 0 Å². The van der Waals surface area contributed by atoms with Crippen LogP contribution in [0.15, 0.2) is 12.7 Å². The molecule has 0 rings (SSSR count). The van der Waals surface area contributed by atoms with Crippen molar-refractivity contribution in [2.45, 2.75) is 25.8 Å². The fraction of sp³-hybridized carbons (Fsp3) is 0.727. The molecule has 0 aromatic rings. The summed E-state index contributed by atoms with van der Waals surface area (Å²) in [6.45, 7) is 6.13. The van der Waals surface area contributed by atoms with Crippen molar-refractivity contribution >= 4 is 14.8 Å². The van der Waals surface area contributed by atoms with Gasteiger partial charge >= 0.3 is 14.8 Å². The van der Waals surface area contributed by atoms with E-state index >= 15 is 0 Å². The summed E-state index contributed by atoms with van der Waals surface area (Å²) in [7, 11) is 0.711. The monoisotopic (exact) mass is 262 g/mol. The lowest BCUT2D eigenvalue weighted by Crippen LogP contribution is -2.44. The van der Waals surface area contributed by atoms with E-state index < -0.39 is 14.8 Å². The summed E-state index contributed by atoms with van der Waals surface area (Å²) in [5.74, 6) is -0.416. The van der Waals surface area contributed by atoms with E-state index in [1.54, 1.807) is 14.2 Å². The van der Waals surface area contributed by atoms with Gasteiger partial charge in [0.2, 0.25) is 0 Å². The molecule has 0 bridgehead atoms. The van der Waals surface area contributed by atoms with Crippen molar-refractivity contribution in [3.05, 3.63) is 12.7 Å². The molecule has 0 aromatic heterocycles. The third-order valence-corrected chi connectivity index (χ3v) is 5.20. The summed E-state index contributed by atoms with van der Waals surface area (Å²) in [6.07, 6.45) is 2.70. The summed E-state index contributed by atoms with van der Waals surface area (Å²) in [5, 5.41) is 0. The molecule has 0 atom stereocenters. The zero-order chi connectivity index (χ0) is 13.1. The molecular weight excluding hydrogens is 240 g/mol. The fourth-order valence-electron chi connectivity index (χ4n) is 1.30. The van der Waals surface area contributed by atoms with Gasteiger partial charge in [-0.05, 0) is 0 Å². The Hall–Kier alpha value is -0.693. The standard InChI is InChI=1S/C11H22O5Si/c1-5-10-17(13-3,14-4)16-9-7-8-15-11(12)6-2/h6H,2,5,7-10H2,1,3-4H3. The summed E-state index contributed by atoms with van der Waals surface area (Å²) in [5.41, 5.74) is 0. The minimum absolute atomic E-state index is 0.314. The Morgan fingerprint density at radius 3 is 2.41 bits per heavy atom. The van der Waals surface area contributed by atoms with E-state index in [4.69, 9.17) is 18.0 Å². The number of esters is 1. The quantitative estimate of drug-likeness (QED) is 0.260. The molecule has 100 valence electrons. The van der Waals surface area contributed by atoms with Crippen molar-refractivity contribution in [2.75, 3.05) is 27.4 Å². The Labute approximate surface area is 104 Å².